The van der Waals surface area contributed by atoms with Crippen molar-refractivity contribution in [2.45, 2.75) is 52.1 Å². The van der Waals surface area contributed by atoms with Crippen molar-refractivity contribution in [3.8, 4) is 5.88 Å². The molecule has 1 aromatic heterocycles. The SMILES string of the molecule is CC.CC1(C)OC[C@@H](C(=O)N2CC=C(c3c(F)cc(N4CC(COc5ccon5)OC4=O)cc3F)CC2)O1. The largest absolute Gasteiger partial charge is 0.471 e. The van der Waals surface area contributed by atoms with Gasteiger partial charge in [-0.2, -0.15) is 0 Å². The van der Waals surface area contributed by atoms with Gasteiger partial charge in [-0.05, 0) is 43.1 Å². The molecule has 0 N–H and O–H groups in total. The summed E-state index contributed by atoms with van der Waals surface area (Å²) in [7, 11) is 0. The van der Waals surface area contributed by atoms with Crippen LogP contribution in [-0.2, 0) is 19.0 Å². The highest BCUT2D eigenvalue weighted by molar-refractivity contribution is 5.90. The van der Waals surface area contributed by atoms with E-state index in [4.69, 9.17) is 18.9 Å². The molecule has 2 aromatic rings. The number of anilines is 1. The van der Waals surface area contributed by atoms with Gasteiger partial charge in [0.1, 0.15) is 24.5 Å². The molecule has 0 aliphatic carbocycles. The number of benzene rings is 1. The number of nitrogens with zero attached hydrogens (tertiary/aromatic N) is 3. The molecule has 3 aliphatic heterocycles. The molecule has 1 unspecified atom stereocenters. The average molecular weight is 536 g/mol. The maximum absolute atomic E-state index is 15.1. The normalized spacial score (nSPS) is 22.5. The monoisotopic (exact) mass is 535 g/mol. The highest BCUT2D eigenvalue weighted by Crippen LogP contribution is 2.33. The molecule has 206 valence electrons. The Bertz CT molecular complexity index is 1160. The van der Waals surface area contributed by atoms with Crippen molar-refractivity contribution in [3.05, 3.63) is 47.7 Å². The second kappa shape index (κ2) is 11.5. The molecule has 1 aromatic carbocycles. The predicted molar refractivity (Wildman–Crippen MR) is 131 cm³/mol. The Morgan fingerprint density at radius 1 is 1.24 bits per heavy atom. The van der Waals surface area contributed by atoms with Gasteiger partial charge in [0.15, 0.2) is 18.0 Å². The van der Waals surface area contributed by atoms with E-state index in [-0.39, 0.29) is 62.3 Å². The lowest BCUT2D eigenvalue weighted by Crippen LogP contribution is -2.43. The standard InChI is InChI=1S/C24H25F2N3O7.C2H6/c1-24(2)33-13-19(36-24)22(30)28-6-3-14(4-7-28)21-17(25)9-15(10-18(21)26)29-11-16(35-23(29)31)12-32-20-5-8-34-27-20;1-2/h3,5,8-10,16,19H,4,6-7,11-13H2,1-2H3;1-2H3/t16?,19-;/m0./s1. The smallest absolute Gasteiger partial charge is 0.414 e. The van der Waals surface area contributed by atoms with E-state index in [0.29, 0.717) is 5.57 Å². The van der Waals surface area contributed by atoms with E-state index in [0.717, 1.165) is 17.0 Å². The summed E-state index contributed by atoms with van der Waals surface area (Å²) in [4.78, 5) is 27.7. The molecule has 10 nitrogen and oxygen atoms in total. The molecule has 0 spiro atoms. The van der Waals surface area contributed by atoms with Crippen LogP contribution in [0.5, 0.6) is 5.88 Å². The highest BCUT2D eigenvalue weighted by atomic mass is 19.1. The predicted octanol–water partition coefficient (Wildman–Crippen LogP) is 4.15. The van der Waals surface area contributed by atoms with Crippen LogP contribution in [-0.4, -0.2) is 72.9 Å². The van der Waals surface area contributed by atoms with Crippen LogP contribution >= 0.6 is 0 Å². The van der Waals surface area contributed by atoms with E-state index in [1.807, 2.05) is 13.8 Å². The third-order valence-electron chi connectivity index (χ3n) is 6.17. The number of cyclic esters (lactones) is 1. The van der Waals surface area contributed by atoms with Gasteiger partial charge in [-0.25, -0.2) is 13.6 Å². The van der Waals surface area contributed by atoms with E-state index in [1.54, 1.807) is 24.8 Å². The molecule has 2 amide bonds. The fourth-order valence-corrected chi connectivity index (χ4v) is 4.40. The van der Waals surface area contributed by atoms with Crippen LogP contribution in [0.3, 0.4) is 0 Å². The average Bonchev–Trinajstić information content (AvgIpc) is 3.63. The second-order valence-corrected chi connectivity index (χ2v) is 9.13. The van der Waals surface area contributed by atoms with E-state index >= 15 is 8.78 Å². The minimum atomic E-state index is -0.822. The number of hydrogen-bond donors (Lipinski definition) is 0. The molecule has 4 heterocycles. The van der Waals surface area contributed by atoms with Gasteiger partial charge in [-0.1, -0.05) is 19.9 Å². The van der Waals surface area contributed by atoms with Gasteiger partial charge < -0.3 is 28.4 Å². The van der Waals surface area contributed by atoms with Crippen LogP contribution in [0.15, 0.2) is 35.1 Å². The Kier molecular flexibility index (Phi) is 8.32. The number of hydrogen-bond acceptors (Lipinski definition) is 8. The zero-order valence-corrected chi connectivity index (χ0v) is 21.7. The number of carbonyl (C=O) groups excluding carboxylic acids is 2. The highest BCUT2D eigenvalue weighted by Gasteiger charge is 2.39. The van der Waals surface area contributed by atoms with Crippen LogP contribution in [0.4, 0.5) is 19.3 Å². The van der Waals surface area contributed by atoms with Crippen LogP contribution in [0.25, 0.3) is 5.57 Å². The molecule has 3 aliphatic rings. The summed E-state index contributed by atoms with van der Waals surface area (Å²) < 4.78 is 56.5. The molecule has 2 atom stereocenters. The number of ether oxygens (including phenoxy) is 4. The number of rotatable bonds is 6. The van der Waals surface area contributed by atoms with Crippen molar-refractivity contribution >= 4 is 23.3 Å². The fraction of sp³-hybridized carbons (Fsp3) is 0.500. The van der Waals surface area contributed by atoms with Crippen molar-refractivity contribution < 1.29 is 41.8 Å². The van der Waals surface area contributed by atoms with Crippen LogP contribution < -0.4 is 9.64 Å². The van der Waals surface area contributed by atoms with Gasteiger partial charge in [-0.3, -0.25) is 9.69 Å². The number of aromatic nitrogens is 1. The number of halogens is 2. The minimum Gasteiger partial charge on any atom is -0.471 e. The first-order valence-electron chi connectivity index (χ1n) is 12.5. The summed E-state index contributed by atoms with van der Waals surface area (Å²) in [5, 5.41) is 3.60. The van der Waals surface area contributed by atoms with E-state index in [9.17, 15) is 9.59 Å². The lowest BCUT2D eigenvalue weighted by atomic mass is 9.97. The molecule has 2 saturated heterocycles. The summed E-state index contributed by atoms with van der Waals surface area (Å²) in [6.45, 7) is 8.18. The van der Waals surface area contributed by atoms with Crippen LogP contribution in [0.2, 0.25) is 0 Å². The zero-order chi connectivity index (χ0) is 27.4. The summed E-state index contributed by atoms with van der Waals surface area (Å²) in [6, 6.07) is 3.71. The Balaban J connectivity index is 0.00000164. The molecular weight excluding hydrogens is 504 g/mol. The van der Waals surface area contributed by atoms with Gasteiger partial charge in [-0.15, -0.1) is 0 Å². The quantitative estimate of drug-likeness (QED) is 0.544. The zero-order valence-electron chi connectivity index (χ0n) is 21.7. The maximum Gasteiger partial charge on any atom is 0.414 e. The summed E-state index contributed by atoms with van der Waals surface area (Å²) in [5.74, 6) is -2.42. The lowest BCUT2D eigenvalue weighted by Gasteiger charge is -2.29. The second-order valence-electron chi connectivity index (χ2n) is 9.13. The Morgan fingerprint density at radius 3 is 2.55 bits per heavy atom. The number of carbonyl (C=O) groups is 2. The molecule has 38 heavy (non-hydrogen) atoms. The molecule has 12 heteroatoms. The fourth-order valence-electron chi connectivity index (χ4n) is 4.40. The van der Waals surface area contributed by atoms with Crippen molar-refractivity contribution in [2.24, 2.45) is 0 Å². The Morgan fingerprint density at radius 2 is 1.97 bits per heavy atom. The third-order valence-corrected chi connectivity index (χ3v) is 6.17. The molecule has 5 rings (SSSR count). The van der Waals surface area contributed by atoms with Gasteiger partial charge in [0.2, 0.25) is 0 Å². The van der Waals surface area contributed by atoms with Crippen molar-refractivity contribution in [1.29, 1.82) is 0 Å². The van der Waals surface area contributed by atoms with Crippen molar-refractivity contribution in [2.75, 3.05) is 37.7 Å². The van der Waals surface area contributed by atoms with Crippen LogP contribution in [0.1, 0.15) is 39.7 Å². The van der Waals surface area contributed by atoms with Gasteiger partial charge >= 0.3 is 6.09 Å². The lowest BCUT2D eigenvalue weighted by molar-refractivity contribution is -0.159. The summed E-state index contributed by atoms with van der Waals surface area (Å²) in [6.07, 6.45) is 1.15. The van der Waals surface area contributed by atoms with E-state index in [2.05, 4.69) is 9.68 Å². The first kappa shape index (κ1) is 27.5. The molecule has 2 fully saturated rings. The summed E-state index contributed by atoms with van der Waals surface area (Å²) >= 11 is 0. The van der Waals surface area contributed by atoms with E-state index in [1.165, 1.54) is 12.3 Å². The topological polar surface area (TPSA) is 104 Å². The molecule has 0 saturated carbocycles. The third kappa shape index (κ3) is 5.97. The van der Waals surface area contributed by atoms with E-state index < -0.39 is 35.7 Å². The first-order valence-corrected chi connectivity index (χ1v) is 12.5. The van der Waals surface area contributed by atoms with Gasteiger partial charge in [0, 0.05) is 24.7 Å². The Labute approximate surface area is 219 Å². The molecule has 0 bridgehead atoms. The summed E-state index contributed by atoms with van der Waals surface area (Å²) in [5.41, 5.74) is 0.315. The number of amides is 2. The molecular formula is C26H31F2N3O7. The van der Waals surface area contributed by atoms with Gasteiger partial charge in [0.05, 0.1) is 18.8 Å². The van der Waals surface area contributed by atoms with Crippen molar-refractivity contribution in [1.82, 2.24) is 10.1 Å². The minimum absolute atomic E-state index is 0.00937. The molecule has 0 radical (unpaired) electrons. The van der Waals surface area contributed by atoms with Crippen LogP contribution in [0, 0.1) is 11.6 Å². The Hall–Kier alpha value is -3.51. The van der Waals surface area contributed by atoms with Gasteiger partial charge in [0.25, 0.3) is 11.8 Å². The first-order chi connectivity index (χ1) is 18.2. The van der Waals surface area contributed by atoms with Crippen molar-refractivity contribution in [3.63, 3.8) is 0 Å². The maximum atomic E-state index is 15.1.